The lowest BCUT2D eigenvalue weighted by atomic mass is 10.1. The first-order chi connectivity index (χ1) is 27.4. The Bertz CT molecular complexity index is 1850. The van der Waals surface area contributed by atoms with E-state index in [2.05, 4.69) is 15.4 Å². The molecule has 2 aromatic carbocycles. The number of hydrogen-bond donors (Lipinski definition) is 3. The molecule has 58 heavy (non-hydrogen) atoms. The normalized spacial score (nSPS) is 14.4. The second kappa shape index (κ2) is 21.9. The number of halogens is 4. The number of carbonyl (C=O) groups excluding carboxylic acids is 3. The largest absolute Gasteiger partial charge is 0.444 e. The number of amides is 3. The monoisotopic (exact) mass is 860 g/mol. The summed E-state index contributed by atoms with van der Waals surface area (Å²) in [7, 11) is -4.47. The molecule has 0 bridgehead atoms. The standard InChI is InChI=1S/C39H52ClF3N4O10S/c1-38(2,3)57-37(50)45-14-6-18-54-20-22-55-21-19-53-17-5-13-44-35(48)26-56-16-4-7-29-23-28-12-15-47(36(49)27-8-9-27)33(28)25-34(29)58(51,52)46-30-10-11-32(40)31(24-30)39(41,42)43/h4,7,10-11,23-25,27,46H,5-6,8-9,12-22,26H2,1-3H3,(H,44,48)(H,45,50)/b7-4+. The van der Waals surface area contributed by atoms with E-state index in [9.17, 15) is 36.0 Å². The number of anilines is 2. The van der Waals surface area contributed by atoms with Crippen LogP contribution in [0, 0.1) is 5.92 Å². The van der Waals surface area contributed by atoms with Gasteiger partial charge in [0, 0.05) is 50.1 Å². The Kier molecular flexibility index (Phi) is 17.6. The third-order valence-electron chi connectivity index (χ3n) is 8.52. The van der Waals surface area contributed by atoms with Crippen molar-refractivity contribution in [2.24, 2.45) is 5.92 Å². The van der Waals surface area contributed by atoms with E-state index in [4.69, 9.17) is 35.3 Å². The highest BCUT2D eigenvalue weighted by Crippen LogP contribution is 2.40. The first kappa shape index (κ1) is 46.7. The Labute approximate surface area is 342 Å². The molecule has 19 heteroatoms. The zero-order chi connectivity index (χ0) is 42.3. The third-order valence-corrected chi connectivity index (χ3v) is 10.3. The second-order valence-corrected chi connectivity index (χ2v) is 16.6. The summed E-state index contributed by atoms with van der Waals surface area (Å²) in [5.74, 6) is -0.553. The maximum atomic E-state index is 13.7. The number of ether oxygens (including phenoxy) is 5. The van der Waals surface area contributed by atoms with E-state index in [1.165, 1.54) is 18.2 Å². The van der Waals surface area contributed by atoms with Crippen LogP contribution in [0.5, 0.6) is 0 Å². The molecule has 0 unspecified atom stereocenters. The smallest absolute Gasteiger partial charge is 0.417 e. The number of carbonyl (C=O) groups is 3. The van der Waals surface area contributed by atoms with Gasteiger partial charge in [-0.25, -0.2) is 13.2 Å². The molecule has 3 N–H and O–H groups in total. The molecule has 0 atom stereocenters. The number of hydrogen-bond acceptors (Lipinski definition) is 10. The van der Waals surface area contributed by atoms with E-state index in [1.807, 2.05) is 0 Å². The number of fused-ring (bicyclic) bond motifs is 1. The molecule has 1 fully saturated rings. The average Bonchev–Trinajstić information content (AvgIpc) is 3.91. The van der Waals surface area contributed by atoms with Gasteiger partial charge in [0.25, 0.3) is 10.0 Å². The van der Waals surface area contributed by atoms with E-state index >= 15 is 0 Å². The number of alkyl halides is 3. The number of nitrogens with one attached hydrogen (secondary N) is 3. The van der Waals surface area contributed by atoms with Crippen molar-refractivity contribution >= 4 is 57.0 Å². The van der Waals surface area contributed by atoms with E-state index in [1.54, 1.807) is 31.7 Å². The molecule has 1 heterocycles. The lowest BCUT2D eigenvalue weighted by molar-refractivity contribution is -0.137. The van der Waals surface area contributed by atoms with Gasteiger partial charge in [-0.05, 0) is 94.3 Å². The van der Waals surface area contributed by atoms with Gasteiger partial charge >= 0.3 is 12.3 Å². The minimum atomic E-state index is -4.81. The molecule has 1 aliphatic heterocycles. The quantitative estimate of drug-likeness (QED) is 0.113. The van der Waals surface area contributed by atoms with E-state index in [0.717, 1.165) is 30.5 Å². The van der Waals surface area contributed by atoms with Gasteiger partial charge in [-0.2, -0.15) is 13.2 Å². The summed E-state index contributed by atoms with van der Waals surface area (Å²) in [5, 5.41) is 4.81. The van der Waals surface area contributed by atoms with Crippen LogP contribution in [0.15, 0.2) is 41.3 Å². The van der Waals surface area contributed by atoms with Crippen molar-refractivity contribution in [3.05, 3.63) is 58.1 Å². The molecule has 0 saturated heterocycles. The first-order valence-electron chi connectivity index (χ1n) is 19.0. The lowest BCUT2D eigenvalue weighted by Crippen LogP contribution is -2.33. The molecule has 3 amide bonds. The highest BCUT2D eigenvalue weighted by atomic mass is 35.5. The maximum Gasteiger partial charge on any atom is 0.417 e. The van der Waals surface area contributed by atoms with Crippen LogP contribution in [0.2, 0.25) is 5.02 Å². The number of benzene rings is 2. The Hall–Kier alpha value is -3.94. The molecular formula is C39H52ClF3N4O10S. The fraction of sp³-hybridized carbons (Fsp3) is 0.564. The van der Waals surface area contributed by atoms with E-state index in [0.29, 0.717) is 90.3 Å². The van der Waals surface area contributed by atoms with Crippen molar-refractivity contribution in [3.8, 4) is 0 Å². The molecule has 14 nitrogen and oxygen atoms in total. The number of nitrogens with zero attached hydrogens (tertiary/aromatic N) is 1. The zero-order valence-corrected chi connectivity index (χ0v) is 34.5. The van der Waals surface area contributed by atoms with Gasteiger partial charge in [-0.1, -0.05) is 23.8 Å². The molecule has 0 spiro atoms. The zero-order valence-electron chi connectivity index (χ0n) is 32.9. The summed E-state index contributed by atoms with van der Waals surface area (Å²) < 4.78 is 97.2. The highest BCUT2D eigenvalue weighted by Gasteiger charge is 2.38. The summed E-state index contributed by atoms with van der Waals surface area (Å²) in [6.07, 6.45) is 0.977. The summed E-state index contributed by atoms with van der Waals surface area (Å²) in [5.41, 5.74) is -0.661. The van der Waals surface area contributed by atoms with Crippen LogP contribution in [0.25, 0.3) is 6.08 Å². The molecule has 4 rings (SSSR count). The van der Waals surface area contributed by atoms with Gasteiger partial charge in [0.15, 0.2) is 0 Å². The minimum Gasteiger partial charge on any atom is -0.444 e. The second-order valence-electron chi connectivity index (χ2n) is 14.6. The fourth-order valence-corrected chi connectivity index (χ4v) is 7.14. The molecule has 1 aliphatic carbocycles. The van der Waals surface area contributed by atoms with Crippen molar-refractivity contribution in [2.45, 2.75) is 69.5 Å². The SMILES string of the molecule is CC(C)(C)OC(=O)NCCCOCCOCCOCCCNC(=O)COC/C=C/c1cc2c(cc1S(=O)(=O)Nc1ccc(Cl)c(C(F)(F)F)c1)N(C(=O)C1CC1)CC2. The van der Waals surface area contributed by atoms with Gasteiger partial charge < -0.3 is 39.2 Å². The van der Waals surface area contributed by atoms with Crippen molar-refractivity contribution in [3.63, 3.8) is 0 Å². The molecule has 0 aromatic heterocycles. The van der Waals surface area contributed by atoms with Crippen LogP contribution in [0.1, 0.15) is 63.1 Å². The van der Waals surface area contributed by atoms with Gasteiger partial charge in [-0.3, -0.25) is 14.3 Å². The maximum absolute atomic E-state index is 13.7. The van der Waals surface area contributed by atoms with Crippen molar-refractivity contribution in [2.75, 3.05) is 82.1 Å². The van der Waals surface area contributed by atoms with Gasteiger partial charge in [0.05, 0.1) is 48.5 Å². The summed E-state index contributed by atoms with van der Waals surface area (Å²) in [4.78, 5) is 38.1. The van der Waals surface area contributed by atoms with Crippen LogP contribution in [-0.4, -0.2) is 104 Å². The molecular weight excluding hydrogens is 809 g/mol. The Morgan fingerprint density at radius 1 is 0.897 bits per heavy atom. The minimum absolute atomic E-state index is 0.0463. The van der Waals surface area contributed by atoms with Crippen LogP contribution < -0.4 is 20.3 Å². The van der Waals surface area contributed by atoms with Gasteiger partial charge in [0.2, 0.25) is 11.8 Å². The number of rotatable bonds is 23. The summed E-state index contributed by atoms with van der Waals surface area (Å²) in [6.45, 7) is 8.74. The Morgan fingerprint density at radius 3 is 2.16 bits per heavy atom. The van der Waals surface area contributed by atoms with E-state index in [-0.39, 0.29) is 47.1 Å². The van der Waals surface area contributed by atoms with Crippen LogP contribution >= 0.6 is 11.6 Å². The third kappa shape index (κ3) is 15.7. The van der Waals surface area contributed by atoms with Gasteiger partial charge in [-0.15, -0.1) is 0 Å². The Balaban J connectivity index is 1.15. The van der Waals surface area contributed by atoms with Crippen molar-refractivity contribution in [1.29, 1.82) is 0 Å². The first-order valence-corrected chi connectivity index (χ1v) is 20.9. The summed E-state index contributed by atoms with van der Waals surface area (Å²) >= 11 is 5.73. The van der Waals surface area contributed by atoms with Crippen LogP contribution in [0.3, 0.4) is 0 Å². The summed E-state index contributed by atoms with van der Waals surface area (Å²) in [6, 6.07) is 5.71. The van der Waals surface area contributed by atoms with E-state index < -0.39 is 38.5 Å². The average molecular weight is 861 g/mol. The van der Waals surface area contributed by atoms with Crippen molar-refractivity contribution < 1.29 is 59.7 Å². The predicted octanol–water partition coefficient (Wildman–Crippen LogP) is 5.96. The topological polar surface area (TPSA) is 171 Å². The Morgan fingerprint density at radius 2 is 1.53 bits per heavy atom. The van der Waals surface area contributed by atoms with Crippen LogP contribution in [0.4, 0.5) is 29.3 Å². The highest BCUT2D eigenvalue weighted by molar-refractivity contribution is 7.92. The number of sulfonamides is 1. The fourth-order valence-electron chi connectivity index (χ4n) is 5.66. The molecule has 322 valence electrons. The predicted molar refractivity (Wildman–Crippen MR) is 211 cm³/mol. The van der Waals surface area contributed by atoms with Gasteiger partial charge in [0.1, 0.15) is 12.2 Å². The lowest BCUT2D eigenvalue weighted by Gasteiger charge is -2.19. The molecule has 2 aromatic rings. The van der Waals surface area contributed by atoms with Crippen LogP contribution in [-0.2, 0) is 55.9 Å². The molecule has 0 radical (unpaired) electrons. The van der Waals surface area contributed by atoms with Crippen molar-refractivity contribution in [1.82, 2.24) is 10.6 Å². The molecule has 2 aliphatic rings. The number of alkyl carbamates (subject to hydrolysis) is 1. The molecule has 1 saturated carbocycles.